The number of piperidine rings is 1. The Balaban J connectivity index is 2.15. The molecule has 0 amide bonds. The Morgan fingerprint density at radius 1 is 1.42 bits per heavy atom. The van der Waals surface area contributed by atoms with E-state index in [9.17, 15) is 13.2 Å². The number of nitrogens with zero attached hydrogens (tertiary/aromatic N) is 2. The summed E-state index contributed by atoms with van der Waals surface area (Å²) in [5.74, 6) is 0.234. The van der Waals surface area contributed by atoms with Gasteiger partial charge in [-0.25, -0.2) is 4.98 Å². The normalized spacial score (nSPS) is 25.3. The molecule has 0 spiro atoms. The van der Waals surface area contributed by atoms with Crippen LogP contribution >= 0.6 is 0 Å². The van der Waals surface area contributed by atoms with Crippen molar-refractivity contribution in [1.29, 1.82) is 0 Å². The van der Waals surface area contributed by atoms with E-state index in [1.54, 1.807) is 0 Å². The molecule has 106 valence electrons. The van der Waals surface area contributed by atoms with Gasteiger partial charge in [-0.15, -0.1) is 0 Å². The van der Waals surface area contributed by atoms with Crippen molar-refractivity contribution in [3.63, 3.8) is 0 Å². The molecule has 1 aromatic heterocycles. The van der Waals surface area contributed by atoms with E-state index in [0.29, 0.717) is 5.92 Å². The lowest BCUT2D eigenvalue weighted by Gasteiger charge is -2.35. The number of hydrogen-bond donors (Lipinski definition) is 1. The van der Waals surface area contributed by atoms with Gasteiger partial charge < -0.3 is 10.2 Å². The van der Waals surface area contributed by atoms with Crippen LogP contribution in [0.25, 0.3) is 0 Å². The topological polar surface area (TPSA) is 28.2 Å². The van der Waals surface area contributed by atoms with Crippen molar-refractivity contribution in [2.24, 2.45) is 5.92 Å². The molecule has 1 saturated heterocycles. The fourth-order valence-corrected chi connectivity index (χ4v) is 2.49. The first-order valence-corrected chi connectivity index (χ1v) is 6.35. The van der Waals surface area contributed by atoms with Crippen LogP contribution in [0.5, 0.6) is 0 Å². The van der Waals surface area contributed by atoms with E-state index in [1.165, 1.54) is 12.3 Å². The third-order valence-corrected chi connectivity index (χ3v) is 3.54. The van der Waals surface area contributed by atoms with Crippen molar-refractivity contribution >= 4 is 5.82 Å². The van der Waals surface area contributed by atoms with E-state index >= 15 is 0 Å². The molecule has 1 aliphatic heterocycles. The maximum absolute atomic E-state index is 12.9. The van der Waals surface area contributed by atoms with Crippen LogP contribution in [0.15, 0.2) is 18.3 Å². The van der Waals surface area contributed by atoms with E-state index < -0.39 is 11.7 Å². The molecule has 0 aliphatic carbocycles. The molecule has 3 nitrogen and oxygen atoms in total. The molecule has 1 aromatic rings. The van der Waals surface area contributed by atoms with Crippen LogP contribution in [0, 0.1) is 5.92 Å². The van der Waals surface area contributed by atoms with Gasteiger partial charge in [0.05, 0.1) is 5.56 Å². The molecule has 2 rings (SSSR count). The lowest BCUT2D eigenvalue weighted by atomic mass is 9.94. The minimum absolute atomic E-state index is 0.0344. The monoisotopic (exact) mass is 273 g/mol. The maximum atomic E-state index is 12.9. The number of halogens is 3. The summed E-state index contributed by atoms with van der Waals surface area (Å²) in [5, 5.41) is 2.97. The van der Waals surface area contributed by atoms with Crippen molar-refractivity contribution in [3.8, 4) is 0 Å². The zero-order valence-electron chi connectivity index (χ0n) is 11.0. The number of aromatic nitrogens is 1. The van der Waals surface area contributed by atoms with Crippen LogP contribution in [-0.2, 0) is 6.18 Å². The summed E-state index contributed by atoms with van der Waals surface area (Å²) >= 11 is 0. The number of hydrogen-bond acceptors (Lipinski definition) is 3. The van der Waals surface area contributed by atoms with Gasteiger partial charge in [-0.2, -0.15) is 13.2 Å². The van der Waals surface area contributed by atoms with Crippen LogP contribution in [-0.4, -0.2) is 36.1 Å². The lowest BCUT2D eigenvalue weighted by molar-refractivity contribution is -0.137. The molecule has 0 radical (unpaired) electrons. The number of likely N-dealkylation sites (tertiary alicyclic amines) is 1. The van der Waals surface area contributed by atoms with Crippen LogP contribution in [0.3, 0.4) is 0 Å². The summed E-state index contributed by atoms with van der Waals surface area (Å²) in [4.78, 5) is 6.03. The van der Waals surface area contributed by atoms with Gasteiger partial charge in [-0.3, -0.25) is 0 Å². The predicted octanol–water partition coefficient (Wildman–Crippen LogP) is 2.85. The van der Waals surface area contributed by atoms with Gasteiger partial charge in [-0.05, 0) is 38.1 Å². The van der Waals surface area contributed by atoms with Gasteiger partial charge in [0.25, 0.3) is 0 Å². The lowest BCUT2D eigenvalue weighted by Crippen LogP contribution is -2.43. The molecule has 0 aromatic carbocycles. The highest BCUT2D eigenvalue weighted by atomic mass is 19.4. The average Bonchev–Trinajstić information content (AvgIpc) is 2.32. The first-order valence-electron chi connectivity index (χ1n) is 6.35. The summed E-state index contributed by atoms with van der Waals surface area (Å²) in [5.41, 5.74) is -0.693. The number of alkyl halides is 3. The predicted molar refractivity (Wildman–Crippen MR) is 67.9 cm³/mol. The Kier molecular flexibility index (Phi) is 3.99. The first kappa shape index (κ1) is 14.1. The molecule has 1 N–H and O–H groups in total. The molecule has 1 fully saturated rings. The van der Waals surface area contributed by atoms with Crippen molar-refractivity contribution in [1.82, 2.24) is 9.88 Å². The Hall–Kier alpha value is -1.30. The third-order valence-electron chi connectivity index (χ3n) is 3.54. The largest absolute Gasteiger partial charge is 0.419 e. The van der Waals surface area contributed by atoms with E-state index in [2.05, 4.69) is 15.2 Å². The second kappa shape index (κ2) is 5.36. The second-order valence-corrected chi connectivity index (χ2v) is 5.18. The molecule has 2 unspecified atom stereocenters. The van der Waals surface area contributed by atoms with Gasteiger partial charge >= 0.3 is 6.18 Å². The molecule has 2 atom stereocenters. The SMILES string of the molecule is CC1CN(C)CCC1Nc1ncccc1C(F)(F)F. The minimum Gasteiger partial charge on any atom is -0.366 e. The van der Waals surface area contributed by atoms with Gasteiger partial charge in [0, 0.05) is 18.8 Å². The average molecular weight is 273 g/mol. The summed E-state index contributed by atoms with van der Waals surface area (Å²) in [7, 11) is 2.02. The Morgan fingerprint density at radius 3 is 2.79 bits per heavy atom. The fraction of sp³-hybridized carbons (Fsp3) is 0.615. The highest BCUT2D eigenvalue weighted by Gasteiger charge is 2.35. The number of nitrogens with one attached hydrogen (secondary N) is 1. The Bertz CT molecular complexity index is 433. The molecule has 1 aliphatic rings. The molecule has 6 heteroatoms. The van der Waals surface area contributed by atoms with Crippen LogP contribution in [0.1, 0.15) is 18.9 Å². The van der Waals surface area contributed by atoms with Crippen LogP contribution in [0.4, 0.5) is 19.0 Å². The minimum atomic E-state index is -4.37. The Labute approximate surface area is 110 Å². The Morgan fingerprint density at radius 2 is 2.16 bits per heavy atom. The quantitative estimate of drug-likeness (QED) is 0.898. The zero-order chi connectivity index (χ0) is 14.0. The van der Waals surface area contributed by atoms with Crippen molar-refractivity contribution in [3.05, 3.63) is 23.9 Å². The molecule has 19 heavy (non-hydrogen) atoms. The second-order valence-electron chi connectivity index (χ2n) is 5.18. The number of anilines is 1. The van der Waals surface area contributed by atoms with Crippen molar-refractivity contribution in [2.75, 3.05) is 25.5 Å². The number of pyridine rings is 1. The highest BCUT2D eigenvalue weighted by molar-refractivity contribution is 5.46. The molecule has 0 bridgehead atoms. The van der Waals surface area contributed by atoms with Crippen LogP contribution < -0.4 is 5.32 Å². The van der Waals surface area contributed by atoms with Crippen molar-refractivity contribution in [2.45, 2.75) is 25.6 Å². The van der Waals surface area contributed by atoms with Crippen molar-refractivity contribution < 1.29 is 13.2 Å². The standard InChI is InChI=1S/C13H18F3N3/c1-9-8-19(2)7-5-11(9)18-12-10(13(14,15)16)4-3-6-17-12/h3-4,6,9,11H,5,7-8H2,1-2H3,(H,17,18). The van der Waals surface area contributed by atoms with Gasteiger partial charge in [-0.1, -0.05) is 6.92 Å². The summed E-state index contributed by atoms with van der Waals surface area (Å²) in [6.07, 6.45) is -2.16. The van der Waals surface area contributed by atoms with E-state index in [1.807, 2.05) is 14.0 Å². The molecule has 2 heterocycles. The van der Waals surface area contributed by atoms with Gasteiger partial charge in [0.15, 0.2) is 0 Å². The molecular weight excluding hydrogens is 255 g/mol. The van der Waals surface area contributed by atoms with E-state index in [4.69, 9.17) is 0 Å². The third kappa shape index (κ3) is 3.37. The van der Waals surface area contributed by atoms with Crippen LogP contribution in [0.2, 0.25) is 0 Å². The smallest absolute Gasteiger partial charge is 0.366 e. The van der Waals surface area contributed by atoms with Gasteiger partial charge in [0.1, 0.15) is 5.82 Å². The maximum Gasteiger partial charge on any atom is 0.419 e. The zero-order valence-corrected chi connectivity index (χ0v) is 11.0. The highest BCUT2D eigenvalue weighted by Crippen LogP contribution is 2.34. The van der Waals surface area contributed by atoms with E-state index in [-0.39, 0.29) is 11.9 Å². The summed E-state index contributed by atoms with van der Waals surface area (Å²) in [6, 6.07) is 2.41. The first-order chi connectivity index (χ1) is 8.88. The van der Waals surface area contributed by atoms with Gasteiger partial charge in [0.2, 0.25) is 0 Å². The summed E-state index contributed by atoms with van der Waals surface area (Å²) in [6.45, 7) is 3.81. The molecular formula is C13H18F3N3. The summed E-state index contributed by atoms with van der Waals surface area (Å²) < 4.78 is 38.6. The van der Waals surface area contributed by atoms with E-state index in [0.717, 1.165) is 25.6 Å². The fourth-order valence-electron chi connectivity index (χ4n) is 2.49. The molecule has 0 saturated carbocycles. The number of rotatable bonds is 2.